The van der Waals surface area contributed by atoms with E-state index in [-0.39, 0.29) is 17.6 Å². The lowest BCUT2D eigenvalue weighted by Gasteiger charge is -2.14. The Kier molecular flexibility index (Phi) is 3.66. The average molecular weight is 268 g/mol. The second-order valence-corrected chi connectivity index (χ2v) is 4.27. The third-order valence-corrected chi connectivity index (χ3v) is 2.95. The summed E-state index contributed by atoms with van der Waals surface area (Å²) >= 11 is 5.83. The van der Waals surface area contributed by atoms with Gasteiger partial charge < -0.3 is 5.32 Å². The quantitative estimate of drug-likeness (QED) is 0.886. The zero-order valence-electron chi connectivity index (χ0n) is 10.1. The first kappa shape index (κ1) is 12.6. The predicted octanol–water partition coefficient (Wildman–Crippen LogP) is 1.77. The molecule has 2 aromatic heterocycles. The Morgan fingerprint density at radius 1 is 1.67 bits per heavy atom. The second kappa shape index (κ2) is 5.22. The number of carbonyl (C=O) groups is 1. The molecule has 2 heterocycles. The lowest BCUT2D eigenvalue weighted by Crippen LogP contribution is -2.28. The van der Waals surface area contributed by atoms with Crippen LogP contribution in [0.1, 0.15) is 36.1 Å². The molecule has 0 radical (unpaired) electrons. The third-order valence-electron chi connectivity index (χ3n) is 2.66. The molecule has 2 N–H and O–H groups in total. The van der Waals surface area contributed by atoms with Crippen LogP contribution in [-0.4, -0.2) is 25.9 Å². The van der Waals surface area contributed by atoms with Gasteiger partial charge in [0.1, 0.15) is 5.69 Å². The monoisotopic (exact) mass is 267 g/mol. The molecule has 1 atom stereocenters. The minimum absolute atomic E-state index is 0.153. The number of carbonyl (C=O) groups excluding carboxylic acids is 1. The molecule has 2 aromatic rings. The van der Waals surface area contributed by atoms with Crippen LogP contribution in [0.5, 0.6) is 0 Å². The number of amides is 1. The Hall–Kier alpha value is -1.82. The van der Waals surface area contributed by atoms with Gasteiger partial charge in [-0.2, -0.15) is 10.2 Å². The summed E-state index contributed by atoms with van der Waals surface area (Å²) in [5.41, 5.74) is 1.22. The number of aromatic amines is 1. The summed E-state index contributed by atoms with van der Waals surface area (Å²) in [7, 11) is 0. The van der Waals surface area contributed by atoms with Gasteiger partial charge in [-0.1, -0.05) is 11.6 Å². The minimum Gasteiger partial charge on any atom is -0.343 e. The van der Waals surface area contributed by atoms with E-state index < -0.39 is 0 Å². The van der Waals surface area contributed by atoms with Crippen molar-refractivity contribution in [3.8, 4) is 0 Å². The standard InChI is InChI=1S/C11H14ClN5O/c1-3-17-9(4-5-14-17)7(2)15-11(18)10-8(12)6-13-16-10/h4-7H,3H2,1-2H3,(H,13,16)(H,15,18). The molecule has 6 nitrogen and oxygen atoms in total. The van der Waals surface area contributed by atoms with E-state index in [1.165, 1.54) is 6.20 Å². The lowest BCUT2D eigenvalue weighted by atomic mass is 10.2. The minimum atomic E-state index is -0.283. The number of nitrogens with one attached hydrogen (secondary N) is 2. The first-order valence-corrected chi connectivity index (χ1v) is 6.02. The summed E-state index contributed by atoms with van der Waals surface area (Å²) in [6.07, 6.45) is 3.11. The Balaban J connectivity index is 2.10. The molecule has 0 aliphatic carbocycles. The number of hydrogen-bond donors (Lipinski definition) is 2. The van der Waals surface area contributed by atoms with Crippen molar-refractivity contribution in [3.05, 3.63) is 34.9 Å². The van der Waals surface area contributed by atoms with Crippen LogP contribution in [0.15, 0.2) is 18.5 Å². The smallest absolute Gasteiger partial charge is 0.271 e. The molecule has 0 spiro atoms. The molecule has 96 valence electrons. The van der Waals surface area contributed by atoms with Gasteiger partial charge >= 0.3 is 0 Å². The zero-order valence-corrected chi connectivity index (χ0v) is 10.9. The van der Waals surface area contributed by atoms with Crippen molar-refractivity contribution >= 4 is 17.5 Å². The van der Waals surface area contributed by atoms with Crippen LogP contribution in [0.25, 0.3) is 0 Å². The summed E-state index contributed by atoms with van der Waals surface area (Å²) in [4.78, 5) is 11.9. The van der Waals surface area contributed by atoms with Gasteiger partial charge in [0, 0.05) is 12.7 Å². The highest BCUT2D eigenvalue weighted by Crippen LogP contribution is 2.15. The van der Waals surface area contributed by atoms with E-state index in [4.69, 9.17) is 11.6 Å². The summed E-state index contributed by atoms with van der Waals surface area (Å²) in [5.74, 6) is -0.283. The van der Waals surface area contributed by atoms with Crippen LogP contribution < -0.4 is 5.32 Å². The Labute approximate surface area is 109 Å². The number of rotatable bonds is 4. The molecule has 2 rings (SSSR count). The number of aryl methyl sites for hydroxylation is 1. The summed E-state index contributed by atoms with van der Waals surface area (Å²) in [6.45, 7) is 4.65. The molecule has 1 unspecified atom stereocenters. The summed E-state index contributed by atoms with van der Waals surface area (Å²) in [6, 6.07) is 1.72. The average Bonchev–Trinajstić information content (AvgIpc) is 2.96. The van der Waals surface area contributed by atoms with Crippen LogP contribution in [0.2, 0.25) is 5.02 Å². The summed E-state index contributed by atoms with van der Waals surface area (Å²) in [5, 5.41) is 13.6. The number of H-pyrrole nitrogens is 1. The van der Waals surface area contributed by atoms with Gasteiger partial charge in [0.25, 0.3) is 5.91 Å². The van der Waals surface area contributed by atoms with Crippen LogP contribution in [-0.2, 0) is 6.54 Å². The van der Waals surface area contributed by atoms with E-state index in [9.17, 15) is 4.79 Å². The molecule has 1 amide bonds. The second-order valence-electron chi connectivity index (χ2n) is 3.86. The van der Waals surface area contributed by atoms with Gasteiger partial charge in [0.2, 0.25) is 0 Å². The number of hydrogen-bond acceptors (Lipinski definition) is 3. The first-order valence-electron chi connectivity index (χ1n) is 5.65. The number of aromatic nitrogens is 4. The van der Waals surface area contributed by atoms with Gasteiger partial charge in [-0.15, -0.1) is 0 Å². The van der Waals surface area contributed by atoms with Crippen molar-refractivity contribution in [2.75, 3.05) is 0 Å². The van der Waals surface area contributed by atoms with Crippen molar-refractivity contribution in [1.82, 2.24) is 25.3 Å². The summed E-state index contributed by atoms with van der Waals surface area (Å²) < 4.78 is 1.83. The topological polar surface area (TPSA) is 75.6 Å². The van der Waals surface area contributed by atoms with E-state index in [2.05, 4.69) is 20.6 Å². The Morgan fingerprint density at radius 2 is 2.44 bits per heavy atom. The molecule has 0 saturated heterocycles. The van der Waals surface area contributed by atoms with Crippen LogP contribution >= 0.6 is 11.6 Å². The fourth-order valence-corrected chi connectivity index (χ4v) is 1.93. The normalized spacial score (nSPS) is 12.4. The van der Waals surface area contributed by atoms with Crippen molar-refractivity contribution in [1.29, 1.82) is 0 Å². The largest absolute Gasteiger partial charge is 0.343 e. The van der Waals surface area contributed by atoms with Crippen molar-refractivity contribution in [2.24, 2.45) is 0 Å². The van der Waals surface area contributed by atoms with Gasteiger partial charge in [-0.25, -0.2) is 0 Å². The third kappa shape index (κ3) is 2.38. The molecule has 0 aromatic carbocycles. The van der Waals surface area contributed by atoms with E-state index in [1.54, 1.807) is 6.20 Å². The van der Waals surface area contributed by atoms with Gasteiger partial charge in [0.05, 0.1) is 23.0 Å². The molecular formula is C11H14ClN5O. The molecule has 0 fully saturated rings. The zero-order chi connectivity index (χ0) is 13.1. The van der Waals surface area contributed by atoms with E-state index in [1.807, 2.05) is 24.6 Å². The van der Waals surface area contributed by atoms with Crippen molar-refractivity contribution in [3.63, 3.8) is 0 Å². The maximum Gasteiger partial charge on any atom is 0.271 e. The molecule has 18 heavy (non-hydrogen) atoms. The van der Waals surface area contributed by atoms with Gasteiger partial charge in [-0.3, -0.25) is 14.6 Å². The molecule has 0 aliphatic heterocycles. The molecular weight excluding hydrogens is 254 g/mol. The van der Waals surface area contributed by atoms with Crippen LogP contribution in [0.3, 0.4) is 0 Å². The van der Waals surface area contributed by atoms with E-state index in [0.717, 1.165) is 12.2 Å². The van der Waals surface area contributed by atoms with E-state index >= 15 is 0 Å². The van der Waals surface area contributed by atoms with Crippen LogP contribution in [0.4, 0.5) is 0 Å². The molecule has 0 bridgehead atoms. The lowest BCUT2D eigenvalue weighted by molar-refractivity contribution is 0.0933. The fourth-order valence-electron chi connectivity index (χ4n) is 1.75. The first-order chi connectivity index (χ1) is 8.63. The fraction of sp³-hybridized carbons (Fsp3) is 0.364. The highest BCUT2D eigenvalue weighted by Gasteiger charge is 2.17. The molecule has 0 saturated carbocycles. The Morgan fingerprint density at radius 3 is 3.06 bits per heavy atom. The maximum atomic E-state index is 11.9. The van der Waals surface area contributed by atoms with Crippen LogP contribution in [0, 0.1) is 0 Å². The maximum absolute atomic E-state index is 11.9. The number of halogens is 1. The predicted molar refractivity (Wildman–Crippen MR) is 67.4 cm³/mol. The Bertz CT molecular complexity index is 547. The van der Waals surface area contributed by atoms with Crippen molar-refractivity contribution < 1.29 is 4.79 Å². The van der Waals surface area contributed by atoms with Gasteiger partial charge in [0.15, 0.2) is 0 Å². The molecule has 7 heteroatoms. The van der Waals surface area contributed by atoms with E-state index in [0.29, 0.717) is 5.02 Å². The highest BCUT2D eigenvalue weighted by molar-refractivity contribution is 6.33. The highest BCUT2D eigenvalue weighted by atomic mass is 35.5. The number of nitrogens with zero attached hydrogens (tertiary/aromatic N) is 3. The molecule has 0 aliphatic rings. The van der Waals surface area contributed by atoms with Crippen molar-refractivity contribution in [2.45, 2.75) is 26.4 Å². The van der Waals surface area contributed by atoms with Gasteiger partial charge in [-0.05, 0) is 19.9 Å². The SMILES string of the molecule is CCn1nccc1C(C)NC(=O)c1[nH]ncc1Cl.